The van der Waals surface area contributed by atoms with Gasteiger partial charge >= 0.3 is 6.18 Å². The standard InChI is InChI=1S/C7H7ClF3N3O2S/c1-14(4-7(9,10)11)17(15,16)5-2-12-6(8)13-3-5/h2-3H,4H2,1H3. The lowest BCUT2D eigenvalue weighted by atomic mass is 10.6. The Labute approximate surface area is 100 Å². The average molecular weight is 290 g/mol. The number of nitrogens with zero attached hydrogens (tertiary/aromatic N) is 3. The molecule has 96 valence electrons. The van der Waals surface area contributed by atoms with Crippen molar-refractivity contribution in [3.05, 3.63) is 17.7 Å². The predicted molar refractivity (Wildman–Crippen MR) is 52.9 cm³/mol. The molecule has 0 amide bonds. The van der Waals surface area contributed by atoms with Crippen LogP contribution >= 0.6 is 11.6 Å². The van der Waals surface area contributed by atoms with Crippen molar-refractivity contribution in [2.45, 2.75) is 11.1 Å². The number of alkyl halides is 3. The quantitative estimate of drug-likeness (QED) is 0.787. The SMILES string of the molecule is CN(CC(F)(F)F)S(=O)(=O)c1cnc(Cl)nc1. The van der Waals surface area contributed by atoms with Gasteiger partial charge in [0.15, 0.2) is 0 Å². The van der Waals surface area contributed by atoms with Crippen LogP contribution < -0.4 is 0 Å². The lowest BCUT2D eigenvalue weighted by Gasteiger charge is -2.18. The number of aromatic nitrogens is 2. The van der Waals surface area contributed by atoms with Gasteiger partial charge in [0.2, 0.25) is 15.3 Å². The van der Waals surface area contributed by atoms with Crippen molar-refractivity contribution in [3.63, 3.8) is 0 Å². The number of sulfonamides is 1. The molecular weight excluding hydrogens is 283 g/mol. The highest BCUT2D eigenvalue weighted by atomic mass is 35.5. The van der Waals surface area contributed by atoms with E-state index in [-0.39, 0.29) is 9.59 Å². The van der Waals surface area contributed by atoms with Crippen molar-refractivity contribution in [2.24, 2.45) is 0 Å². The molecule has 10 heteroatoms. The lowest BCUT2D eigenvalue weighted by molar-refractivity contribution is -0.134. The topological polar surface area (TPSA) is 63.2 Å². The van der Waals surface area contributed by atoms with Crippen molar-refractivity contribution >= 4 is 21.6 Å². The average Bonchev–Trinajstić information content (AvgIpc) is 2.15. The summed E-state index contributed by atoms with van der Waals surface area (Å²) in [5.41, 5.74) is 0. The van der Waals surface area contributed by atoms with E-state index < -0.39 is 27.6 Å². The van der Waals surface area contributed by atoms with E-state index in [1.165, 1.54) is 0 Å². The van der Waals surface area contributed by atoms with Gasteiger partial charge in [-0.2, -0.15) is 17.5 Å². The van der Waals surface area contributed by atoms with E-state index >= 15 is 0 Å². The second kappa shape index (κ2) is 4.75. The summed E-state index contributed by atoms with van der Waals surface area (Å²) in [5, 5.41) is -0.192. The lowest BCUT2D eigenvalue weighted by Crippen LogP contribution is -2.35. The minimum absolute atomic E-state index is 0.166. The fourth-order valence-corrected chi connectivity index (χ4v) is 2.10. The Morgan fingerprint density at radius 2 is 1.82 bits per heavy atom. The van der Waals surface area contributed by atoms with E-state index in [1.807, 2.05) is 0 Å². The van der Waals surface area contributed by atoms with Gasteiger partial charge in [0.25, 0.3) is 0 Å². The van der Waals surface area contributed by atoms with Crippen LogP contribution in [0.15, 0.2) is 17.3 Å². The molecule has 0 spiro atoms. The molecule has 17 heavy (non-hydrogen) atoms. The van der Waals surface area contributed by atoms with Gasteiger partial charge in [0.05, 0.1) is 12.4 Å². The van der Waals surface area contributed by atoms with Crippen molar-refractivity contribution in [2.75, 3.05) is 13.6 Å². The van der Waals surface area contributed by atoms with E-state index in [2.05, 4.69) is 9.97 Å². The monoisotopic (exact) mass is 289 g/mol. The number of halogens is 4. The first kappa shape index (κ1) is 14.1. The highest BCUT2D eigenvalue weighted by Crippen LogP contribution is 2.20. The first-order valence-corrected chi connectivity index (χ1v) is 5.95. The Hall–Kier alpha value is -0.930. The zero-order chi connectivity index (χ0) is 13.3. The molecule has 0 atom stereocenters. The molecule has 0 saturated carbocycles. The molecule has 0 bridgehead atoms. The second-order valence-electron chi connectivity index (χ2n) is 3.06. The second-order valence-corrected chi connectivity index (χ2v) is 5.45. The Morgan fingerprint density at radius 3 is 2.24 bits per heavy atom. The van der Waals surface area contributed by atoms with Crippen LogP contribution in [0.1, 0.15) is 0 Å². The molecule has 0 aliphatic heterocycles. The van der Waals surface area contributed by atoms with Crippen LogP contribution in [-0.4, -0.2) is 42.5 Å². The minimum atomic E-state index is -4.62. The van der Waals surface area contributed by atoms with Crippen molar-refractivity contribution in [1.82, 2.24) is 14.3 Å². The molecule has 1 aromatic heterocycles. The highest BCUT2D eigenvalue weighted by Gasteiger charge is 2.35. The first-order chi connectivity index (χ1) is 7.63. The van der Waals surface area contributed by atoms with Gasteiger partial charge in [0.1, 0.15) is 11.4 Å². The summed E-state index contributed by atoms with van der Waals surface area (Å²) < 4.78 is 59.6. The molecule has 0 aliphatic carbocycles. The van der Waals surface area contributed by atoms with Crippen LogP contribution in [0.3, 0.4) is 0 Å². The molecule has 0 fully saturated rings. The molecule has 0 radical (unpaired) electrons. The third-order valence-corrected chi connectivity index (χ3v) is 3.66. The molecule has 5 nitrogen and oxygen atoms in total. The molecular formula is C7H7ClF3N3O2S. The van der Waals surface area contributed by atoms with Crippen molar-refractivity contribution < 1.29 is 21.6 Å². The minimum Gasteiger partial charge on any atom is -0.225 e. The highest BCUT2D eigenvalue weighted by molar-refractivity contribution is 7.89. The summed E-state index contributed by atoms with van der Waals surface area (Å²) >= 11 is 5.34. The summed E-state index contributed by atoms with van der Waals surface area (Å²) in [7, 11) is -3.44. The molecule has 0 aliphatic rings. The third kappa shape index (κ3) is 3.79. The summed E-state index contributed by atoms with van der Waals surface area (Å²) in [5.74, 6) is 0. The summed E-state index contributed by atoms with van der Waals surface area (Å²) in [6, 6.07) is 0. The number of hydrogen-bond acceptors (Lipinski definition) is 4. The Kier molecular flexibility index (Phi) is 3.95. The van der Waals surface area contributed by atoms with Gasteiger partial charge in [-0.3, -0.25) is 0 Å². The van der Waals surface area contributed by atoms with Gasteiger partial charge in [-0.25, -0.2) is 18.4 Å². The van der Waals surface area contributed by atoms with Gasteiger partial charge < -0.3 is 0 Å². The maximum atomic E-state index is 12.1. The third-order valence-electron chi connectivity index (χ3n) is 1.71. The maximum absolute atomic E-state index is 12.1. The normalized spacial score (nSPS) is 13.1. The fraction of sp³-hybridized carbons (Fsp3) is 0.429. The van der Waals surface area contributed by atoms with Crippen molar-refractivity contribution in [1.29, 1.82) is 0 Å². The van der Waals surface area contributed by atoms with E-state index in [9.17, 15) is 21.6 Å². The molecule has 0 saturated heterocycles. The number of rotatable bonds is 3. The largest absolute Gasteiger partial charge is 0.402 e. The van der Waals surface area contributed by atoms with Gasteiger partial charge in [0, 0.05) is 7.05 Å². The first-order valence-electron chi connectivity index (χ1n) is 4.13. The molecule has 1 heterocycles. The molecule has 0 N–H and O–H groups in total. The van der Waals surface area contributed by atoms with Crippen LogP contribution in [0, 0.1) is 0 Å². The maximum Gasteiger partial charge on any atom is 0.402 e. The van der Waals surface area contributed by atoms with Gasteiger partial charge in [-0.15, -0.1) is 0 Å². The fourth-order valence-electron chi connectivity index (χ4n) is 0.951. The molecule has 0 aromatic carbocycles. The smallest absolute Gasteiger partial charge is 0.225 e. The Balaban J connectivity index is 2.99. The van der Waals surface area contributed by atoms with Crippen molar-refractivity contribution in [3.8, 4) is 0 Å². The van der Waals surface area contributed by atoms with E-state index in [0.717, 1.165) is 19.4 Å². The number of hydrogen-bond donors (Lipinski definition) is 0. The van der Waals surface area contributed by atoms with E-state index in [0.29, 0.717) is 0 Å². The summed E-state index contributed by atoms with van der Waals surface area (Å²) in [6.07, 6.45) is -2.93. The predicted octanol–water partition coefficient (Wildman–Crippen LogP) is 1.31. The molecule has 0 unspecified atom stereocenters. The molecule has 1 rings (SSSR count). The van der Waals surface area contributed by atoms with Crippen LogP contribution in [0.2, 0.25) is 5.28 Å². The van der Waals surface area contributed by atoms with Crippen LogP contribution in [0.25, 0.3) is 0 Å². The Morgan fingerprint density at radius 1 is 1.35 bits per heavy atom. The summed E-state index contributed by atoms with van der Waals surface area (Å²) in [4.78, 5) is 6.33. The van der Waals surface area contributed by atoms with E-state index in [4.69, 9.17) is 11.6 Å². The van der Waals surface area contributed by atoms with Gasteiger partial charge in [-0.05, 0) is 11.6 Å². The summed E-state index contributed by atoms with van der Waals surface area (Å²) in [6.45, 7) is -1.59. The molecule has 1 aromatic rings. The van der Waals surface area contributed by atoms with E-state index in [1.54, 1.807) is 0 Å². The van der Waals surface area contributed by atoms with Crippen LogP contribution in [-0.2, 0) is 10.0 Å². The van der Waals surface area contributed by atoms with Crippen LogP contribution in [0.5, 0.6) is 0 Å². The van der Waals surface area contributed by atoms with Crippen LogP contribution in [0.4, 0.5) is 13.2 Å². The Bertz CT molecular complexity index is 488. The van der Waals surface area contributed by atoms with Gasteiger partial charge in [-0.1, -0.05) is 0 Å². The zero-order valence-corrected chi connectivity index (χ0v) is 10.0. The zero-order valence-electron chi connectivity index (χ0n) is 8.44.